The second kappa shape index (κ2) is 12.5. The van der Waals surface area contributed by atoms with Crippen molar-refractivity contribution in [3.63, 3.8) is 0 Å². The summed E-state index contributed by atoms with van der Waals surface area (Å²) in [4.78, 5) is 16.7. The van der Waals surface area contributed by atoms with Crippen LogP contribution in [0.5, 0.6) is 0 Å². The van der Waals surface area contributed by atoms with E-state index in [1.165, 1.54) is 11.8 Å². The summed E-state index contributed by atoms with van der Waals surface area (Å²) < 4.78 is 29.7. The van der Waals surface area contributed by atoms with Crippen molar-refractivity contribution in [2.75, 3.05) is 19.8 Å². The third-order valence-electron chi connectivity index (χ3n) is 6.09. The Morgan fingerprint density at radius 3 is 2.34 bits per heavy atom. The zero-order chi connectivity index (χ0) is 25.5. The van der Waals surface area contributed by atoms with Crippen molar-refractivity contribution in [1.29, 1.82) is 0 Å². The van der Waals surface area contributed by atoms with Crippen LogP contribution in [0.1, 0.15) is 47.3 Å². The number of carbonyl (C=O) groups excluding carboxylic acids is 1. The molecule has 186 valence electrons. The van der Waals surface area contributed by atoms with E-state index in [0.717, 1.165) is 33.6 Å². The van der Waals surface area contributed by atoms with E-state index >= 15 is 0 Å². The molecule has 0 bridgehead atoms. The molecular weight excluding hydrogens is 479 g/mol. The van der Waals surface area contributed by atoms with E-state index in [4.69, 9.17) is 0 Å². The van der Waals surface area contributed by atoms with Crippen LogP contribution in [0.4, 0.5) is 4.39 Å². The molecule has 1 N–H and O–H groups in total. The average molecular weight is 513 g/mol. The molecule has 1 unspecified atom stereocenters. The van der Waals surface area contributed by atoms with Crippen LogP contribution < -0.4 is 4.72 Å². The Kier molecular flexibility index (Phi) is 9.66. The molecule has 0 radical (unpaired) electrons. The third-order valence-corrected chi connectivity index (χ3v) is 7.92. The van der Waals surface area contributed by atoms with E-state index in [-0.39, 0.29) is 11.7 Å². The fourth-order valence-corrected chi connectivity index (χ4v) is 5.24. The number of thioether (sulfide) groups is 1. The molecule has 1 amide bonds. The summed E-state index contributed by atoms with van der Waals surface area (Å²) in [5, 5.41) is 0. The fourth-order valence-electron chi connectivity index (χ4n) is 4.11. The van der Waals surface area contributed by atoms with E-state index in [1.54, 1.807) is 19.2 Å². The summed E-state index contributed by atoms with van der Waals surface area (Å²) in [5.74, 6) is -0.429. The van der Waals surface area contributed by atoms with E-state index in [0.29, 0.717) is 35.5 Å². The largest absolute Gasteiger partial charge is 0.334 e. The number of rotatable bonds is 10. The molecule has 0 spiro atoms. The van der Waals surface area contributed by atoms with Gasteiger partial charge in [0.2, 0.25) is 0 Å². The molecule has 3 aromatic carbocycles. The lowest BCUT2D eigenvalue weighted by Crippen LogP contribution is -2.32. The zero-order valence-electron chi connectivity index (χ0n) is 21.0. The van der Waals surface area contributed by atoms with Gasteiger partial charge in [0.05, 0.1) is 4.90 Å². The van der Waals surface area contributed by atoms with Crippen molar-refractivity contribution in [2.45, 2.75) is 49.9 Å². The second-order valence-electron chi connectivity index (χ2n) is 8.33. The molecular formula is C28H33FN2O2S2. The van der Waals surface area contributed by atoms with Crippen LogP contribution >= 0.6 is 11.8 Å². The van der Waals surface area contributed by atoms with Crippen LogP contribution in [-0.2, 0) is 24.0 Å². The Hall–Kier alpha value is -2.48. The van der Waals surface area contributed by atoms with Crippen molar-refractivity contribution in [2.24, 2.45) is 0 Å². The van der Waals surface area contributed by atoms with Gasteiger partial charge in [-0.3, -0.25) is 4.79 Å². The highest BCUT2D eigenvalue weighted by Gasteiger charge is 2.22. The maximum Gasteiger partial charge on any atom is 0.254 e. The first-order chi connectivity index (χ1) is 16.8. The number of carbonyl (C=O) groups is 1. The molecule has 0 heterocycles. The lowest BCUT2D eigenvalue weighted by atomic mass is 9.98. The van der Waals surface area contributed by atoms with Crippen molar-refractivity contribution in [3.8, 4) is 11.1 Å². The standard InChI is InChI=1S/C28H33FN2O2S2/c1-6-16-31(28(32)25-14-15-26(34-5)27(29)24(25)7-2)18-22-17-21(9-8-19(22)3)20-10-12-23(13-11-20)35(33)30-4/h8-15,17,30H,6-7,16,18H2,1-5H3. The van der Waals surface area contributed by atoms with Gasteiger partial charge in [0.1, 0.15) is 16.8 Å². The number of aryl methyl sites for hydroxylation is 1. The summed E-state index contributed by atoms with van der Waals surface area (Å²) in [6.45, 7) is 7.00. The minimum atomic E-state index is -1.23. The molecule has 0 aromatic heterocycles. The molecule has 4 nitrogen and oxygen atoms in total. The summed E-state index contributed by atoms with van der Waals surface area (Å²) in [6, 6.07) is 17.3. The van der Waals surface area contributed by atoms with Crippen molar-refractivity contribution < 1.29 is 13.4 Å². The maximum atomic E-state index is 15.0. The summed E-state index contributed by atoms with van der Waals surface area (Å²) in [7, 11) is 0.435. The lowest BCUT2D eigenvalue weighted by molar-refractivity contribution is 0.0741. The second-order valence-corrected chi connectivity index (χ2v) is 10.6. The van der Waals surface area contributed by atoms with Gasteiger partial charge in [-0.15, -0.1) is 11.8 Å². The van der Waals surface area contributed by atoms with Crippen LogP contribution in [0.2, 0.25) is 0 Å². The summed E-state index contributed by atoms with van der Waals surface area (Å²) in [6.07, 6.45) is 3.11. The van der Waals surface area contributed by atoms with E-state index in [2.05, 4.69) is 22.9 Å². The molecule has 0 saturated carbocycles. The smallest absolute Gasteiger partial charge is 0.254 e. The number of nitrogens with one attached hydrogen (secondary N) is 1. The number of amides is 1. The summed E-state index contributed by atoms with van der Waals surface area (Å²) in [5.41, 5.74) is 5.10. The van der Waals surface area contributed by atoms with Gasteiger partial charge in [-0.25, -0.2) is 13.3 Å². The predicted molar refractivity (Wildman–Crippen MR) is 145 cm³/mol. The molecule has 3 aromatic rings. The van der Waals surface area contributed by atoms with E-state index in [1.807, 2.05) is 56.2 Å². The van der Waals surface area contributed by atoms with Crippen LogP contribution in [0.3, 0.4) is 0 Å². The number of hydrogen-bond acceptors (Lipinski definition) is 3. The van der Waals surface area contributed by atoms with Crippen LogP contribution in [-0.4, -0.2) is 34.9 Å². The minimum Gasteiger partial charge on any atom is -0.334 e. The van der Waals surface area contributed by atoms with E-state index in [9.17, 15) is 13.4 Å². The number of nitrogens with zero attached hydrogens (tertiary/aromatic N) is 1. The average Bonchev–Trinajstić information content (AvgIpc) is 2.88. The van der Waals surface area contributed by atoms with E-state index < -0.39 is 11.0 Å². The molecule has 1 atom stereocenters. The van der Waals surface area contributed by atoms with Gasteiger partial charge in [-0.2, -0.15) is 0 Å². The molecule has 0 aliphatic heterocycles. The Morgan fingerprint density at radius 1 is 1.06 bits per heavy atom. The molecule has 0 aliphatic carbocycles. The monoisotopic (exact) mass is 512 g/mol. The normalized spacial score (nSPS) is 11.9. The Labute approximate surface area is 214 Å². The first kappa shape index (κ1) is 27.1. The Balaban J connectivity index is 1.93. The third kappa shape index (κ3) is 6.21. The molecule has 7 heteroatoms. The quantitative estimate of drug-likeness (QED) is 0.321. The van der Waals surface area contributed by atoms with Gasteiger partial charge in [0.25, 0.3) is 5.91 Å². The van der Waals surface area contributed by atoms with Crippen LogP contribution in [0.15, 0.2) is 64.4 Å². The highest BCUT2D eigenvalue weighted by Crippen LogP contribution is 2.28. The fraction of sp³-hybridized carbons (Fsp3) is 0.321. The maximum absolute atomic E-state index is 15.0. The van der Waals surface area contributed by atoms with Crippen molar-refractivity contribution >= 4 is 28.7 Å². The van der Waals surface area contributed by atoms with Crippen LogP contribution in [0.25, 0.3) is 11.1 Å². The zero-order valence-corrected chi connectivity index (χ0v) is 22.6. The molecule has 3 rings (SSSR count). The number of halogens is 1. The Bertz CT molecular complexity index is 1210. The Morgan fingerprint density at radius 2 is 1.74 bits per heavy atom. The first-order valence-corrected chi connectivity index (χ1v) is 14.2. The molecule has 0 saturated heterocycles. The topological polar surface area (TPSA) is 49.4 Å². The minimum absolute atomic E-state index is 0.140. The van der Waals surface area contributed by atoms with Gasteiger partial charge >= 0.3 is 0 Å². The highest BCUT2D eigenvalue weighted by molar-refractivity contribution is 7.98. The predicted octanol–water partition coefficient (Wildman–Crippen LogP) is 6.38. The van der Waals surface area contributed by atoms with Gasteiger partial charge in [0, 0.05) is 29.1 Å². The van der Waals surface area contributed by atoms with Gasteiger partial charge in [-0.1, -0.05) is 38.1 Å². The highest BCUT2D eigenvalue weighted by atomic mass is 32.2. The van der Waals surface area contributed by atoms with Gasteiger partial charge in [0.15, 0.2) is 0 Å². The van der Waals surface area contributed by atoms with Gasteiger partial charge < -0.3 is 4.90 Å². The molecule has 0 aliphatic rings. The first-order valence-electron chi connectivity index (χ1n) is 11.8. The van der Waals surface area contributed by atoms with Crippen molar-refractivity contribution in [3.05, 3.63) is 82.7 Å². The molecule has 0 fully saturated rings. The SMILES string of the molecule is CCCN(Cc1cc(-c2ccc(S(=O)NC)cc2)ccc1C)C(=O)c1ccc(SC)c(F)c1CC. The number of hydrogen-bond donors (Lipinski definition) is 1. The number of benzene rings is 3. The van der Waals surface area contributed by atoms with Crippen LogP contribution in [0, 0.1) is 12.7 Å². The summed E-state index contributed by atoms with van der Waals surface area (Å²) >= 11 is 1.35. The van der Waals surface area contributed by atoms with Gasteiger partial charge in [-0.05, 0) is 85.7 Å². The van der Waals surface area contributed by atoms with Crippen molar-refractivity contribution in [1.82, 2.24) is 9.62 Å². The lowest BCUT2D eigenvalue weighted by Gasteiger charge is -2.25. The molecule has 35 heavy (non-hydrogen) atoms.